The molecule has 29 heavy (non-hydrogen) atoms. The van der Waals surface area contributed by atoms with Crippen molar-refractivity contribution in [3.05, 3.63) is 16.1 Å². The van der Waals surface area contributed by atoms with Gasteiger partial charge in [0.15, 0.2) is 11.7 Å². The number of ether oxygens (including phenoxy) is 1. The number of hydrogen-bond donors (Lipinski definition) is 2. The molecule has 1 amide bonds. The predicted molar refractivity (Wildman–Crippen MR) is 117 cm³/mol. The minimum absolute atomic E-state index is 0. The van der Waals surface area contributed by atoms with E-state index in [-0.39, 0.29) is 36.1 Å². The predicted octanol–water partition coefficient (Wildman–Crippen LogP) is 3.50. The molecule has 12 heteroatoms. The fraction of sp³-hybridized carbons (Fsp3) is 0.706. The number of guanidine groups is 1. The van der Waals surface area contributed by atoms with Crippen LogP contribution in [0.4, 0.5) is 18.0 Å². The van der Waals surface area contributed by atoms with Gasteiger partial charge in [-0.15, -0.1) is 35.3 Å². The van der Waals surface area contributed by atoms with Crippen LogP contribution in [0.25, 0.3) is 0 Å². The quantitative estimate of drug-likeness (QED) is 0.334. The van der Waals surface area contributed by atoms with Crippen LogP contribution in [-0.4, -0.2) is 59.8 Å². The molecular formula is C17H27F3IN5O2S. The molecule has 7 nitrogen and oxygen atoms in total. The second kappa shape index (κ2) is 10.6. The highest BCUT2D eigenvalue weighted by atomic mass is 127. The van der Waals surface area contributed by atoms with E-state index < -0.39 is 17.5 Å². The van der Waals surface area contributed by atoms with Gasteiger partial charge in [-0.3, -0.25) is 4.99 Å². The van der Waals surface area contributed by atoms with Crippen LogP contribution in [0, 0.1) is 0 Å². The molecule has 1 aliphatic rings. The lowest BCUT2D eigenvalue weighted by molar-refractivity contribution is -0.140. The van der Waals surface area contributed by atoms with Crippen molar-refractivity contribution >= 4 is 47.4 Å². The number of aromatic nitrogens is 1. The van der Waals surface area contributed by atoms with Crippen molar-refractivity contribution in [2.75, 3.05) is 26.2 Å². The molecule has 1 saturated heterocycles. The average Bonchev–Trinajstić information content (AvgIpc) is 2.97. The fourth-order valence-corrected chi connectivity index (χ4v) is 3.17. The Hall–Kier alpha value is -1.31. The molecule has 0 aliphatic carbocycles. The first-order chi connectivity index (χ1) is 13.0. The smallest absolute Gasteiger partial charge is 0.434 e. The van der Waals surface area contributed by atoms with E-state index in [0.717, 1.165) is 16.7 Å². The molecule has 2 heterocycles. The number of likely N-dealkylation sites (tertiary alicyclic amines) is 1. The molecule has 166 valence electrons. The number of hydrogen-bond acceptors (Lipinski definition) is 5. The summed E-state index contributed by atoms with van der Waals surface area (Å²) in [6.45, 7) is 9.32. The Morgan fingerprint density at radius 3 is 2.55 bits per heavy atom. The van der Waals surface area contributed by atoms with E-state index in [2.05, 4.69) is 20.6 Å². The van der Waals surface area contributed by atoms with Gasteiger partial charge in [0.2, 0.25) is 0 Å². The summed E-state index contributed by atoms with van der Waals surface area (Å²) in [5.41, 5.74) is -1.40. The lowest BCUT2D eigenvalue weighted by Crippen LogP contribution is -2.63. The molecule has 2 N–H and O–H groups in total. The van der Waals surface area contributed by atoms with Gasteiger partial charge >= 0.3 is 12.3 Å². The summed E-state index contributed by atoms with van der Waals surface area (Å²) in [5, 5.41) is 7.71. The van der Waals surface area contributed by atoms with Crippen LogP contribution in [-0.2, 0) is 17.3 Å². The van der Waals surface area contributed by atoms with Crippen molar-refractivity contribution in [1.82, 2.24) is 20.5 Å². The molecule has 1 fully saturated rings. The maximum atomic E-state index is 12.6. The molecule has 2 rings (SSSR count). The number of thiazole rings is 1. The van der Waals surface area contributed by atoms with Gasteiger partial charge in [0.1, 0.15) is 5.60 Å². The van der Waals surface area contributed by atoms with Crippen LogP contribution in [0.15, 0.2) is 10.4 Å². The summed E-state index contributed by atoms with van der Waals surface area (Å²) in [6.07, 6.45) is -4.44. The number of carbonyl (C=O) groups is 1. The topological polar surface area (TPSA) is 78.9 Å². The lowest BCUT2D eigenvalue weighted by atomic mass is 10.1. The van der Waals surface area contributed by atoms with E-state index in [1.807, 2.05) is 27.7 Å². The van der Waals surface area contributed by atoms with Gasteiger partial charge in [-0.2, -0.15) is 13.2 Å². The highest BCUT2D eigenvalue weighted by molar-refractivity contribution is 14.0. The van der Waals surface area contributed by atoms with Crippen molar-refractivity contribution in [3.63, 3.8) is 0 Å². The summed E-state index contributed by atoms with van der Waals surface area (Å²) < 4.78 is 43.0. The zero-order valence-corrected chi connectivity index (χ0v) is 19.9. The van der Waals surface area contributed by atoms with E-state index in [1.54, 1.807) is 4.90 Å². The Morgan fingerprint density at radius 2 is 2.03 bits per heavy atom. The number of alkyl halides is 3. The second-order valence-corrected chi connectivity index (χ2v) is 8.30. The van der Waals surface area contributed by atoms with E-state index in [9.17, 15) is 18.0 Å². The van der Waals surface area contributed by atoms with Gasteiger partial charge in [0.25, 0.3) is 0 Å². The van der Waals surface area contributed by atoms with E-state index in [0.29, 0.717) is 43.6 Å². The minimum Gasteiger partial charge on any atom is -0.444 e. The molecular weight excluding hydrogens is 522 g/mol. The molecule has 1 aromatic heterocycles. The molecule has 0 unspecified atom stereocenters. The molecule has 0 saturated carbocycles. The number of rotatable bonds is 5. The van der Waals surface area contributed by atoms with Crippen LogP contribution in [0.3, 0.4) is 0 Å². The van der Waals surface area contributed by atoms with Crippen molar-refractivity contribution in [2.24, 2.45) is 4.99 Å². The highest BCUT2D eigenvalue weighted by Crippen LogP contribution is 2.30. The van der Waals surface area contributed by atoms with Crippen LogP contribution < -0.4 is 10.6 Å². The zero-order valence-electron chi connectivity index (χ0n) is 16.8. The first-order valence-corrected chi connectivity index (χ1v) is 9.90. The third kappa shape index (κ3) is 8.52. The van der Waals surface area contributed by atoms with Gasteiger partial charge in [-0.25, -0.2) is 9.78 Å². The minimum atomic E-state index is -4.42. The van der Waals surface area contributed by atoms with Gasteiger partial charge in [-0.05, 0) is 27.7 Å². The van der Waals surface area contributed by atoms with Crippen LogP contribution >= 0.6 is 35.3 Å². The SMILES string of the molecule is CCNC(=NCCc1nc(C(F)(F)F)cs1)NC1CN(C(=O)OC(C)(C)C)C1.I. The Bertz CT molecular complexity index is 700. The van der Waals surface area contributed by atoms with Gasteiger partial charge in [0.05, 0.1) is 11.0 Å². The summed E-state index contributed by atoms with van der Waals surface area (Å²) in [6, 6.07) is 0.0435. The van der Waals surface area contributed by atoms with Crippen LogP contribution in [0.1, 0.15) is 38.4 Å². The molecule has 1 aliphatic heterocycles. The summed E-state index contributed by atoms with van der Waals surface area (Å²) in [5.74, 6) is 0.559. The lowest BCUT2D eigenvalue weighted by Gasteiger charge is -2.40. The normalized spacial score (nSPS) is 15.4. The van der Waals surface area contributed by atoms with Gasteiger partial charge in [0, 0.05) is 38.0 Å². The fourth-order valence-electron chi connectivity index (χ4n) is 2.38. The number of halogens is 4. The Kier molecular flexibility index (Phi) is 9.44. The molecule has 0 atom stereocenters. The number of carbonyl (C=O) groups excluding carboxylic acids is 1. The summed E-state index contributed by atoms with van der Waals surface area (Å²) >= 11 is 0.980. The first-order valence-electron chi connectivity index (χ1n) is 9.02. The molecule has 0 radical (unpaired) electrons. The monoisotopic (exact) mass is 549 g/mol. The van der Waals surface area contributed by atoms with E-state index in [1.165, 1.54) is 0 Å². The Morgan fingerprint density at radius 1 is 1.38 bits per heavy atom. The Balaban J connectivity index is 0.00000420. The maximum Gasteiger partial charge on any atom is 0.434 e. The standard InChI is InChI=1S/C17H26F3N5O2S.HI/c1-5-21-14(22-7-6-13-24-12(10-28-13)17(18,19)20)23-11-8-25(9-11)15(26)27-16(2,3)4;/h10-11H,5-9H2,1-4H3,(H2,21,22,23);1H. The molecule has 0 spiro atoms. The third-order valence-electron chi connectivity index (χ3n) is 3.66. The highest BCUT2D eigenvalue weighted by Gasteiger charge is 2.34. The maximum absolute atomic E-state index is 12.6. The Labute approximate surface area is 189 Å². The summed E-state index contributed by atoms with van der Waals surface area (Å²) in [7, 11) is 0. The second-order valence-electron chi connectivity index (χ2n) is 7.36. The average molecular weight is 549 g/mol. The van der Waals surface area contributed by atoms with Crippen LogP contribution in [0.5, 0.6) is 0 Å². The summed E-state index contributed by atoms with van der Waals surface area (Å²) in [4.78, 5) is 21.5. The van der Waals surface area contributed by atoms with Crippen molar-refractivity contribution in [1.29, 1.82) is 0 Å². The van der Waals surface area contributed by atoms with Crippen molar-refractivity contribution in [2.45, 2.75) is 51.9 Å². The van der Waals surface area contributed by atoms with Crippen LogP contribution in [0.2, 0.25) is 0 Å². The molecule has 0 bridgehead atoms. The molecule has 1 aromatic rings. The molecule has 0 aromatic carbocycles. The zero-order chi connectivity index (χ0) is 20.9. The first kappa shape index (κ1) is 25.7. The number of aliphatic imine (C=N–C) groups is 1. The van der Waals surface area contributed by atoms with Crippen molar-refractivity contribution in [3.8, 4) is 0 Å². The third-order valence-corrected chi connectivity index (χ3v) is 4.56. The van der Waals surface area contributed by atoms with Crippen molar-refractivity contribution < 1.29 is 22.7 Å². The number of nitrogens with zero attached hydrogens (tertiary/aromatic N) is 3. The number of nitrogens with one attached hydrogen (secondary N) is 2. The van der Waals surface area contributed by atoms with Gasteiger partial charge < -0.3 is 20.3 Å². The van der Waals surface area contributed by atoms with E-state index in [4.69, 9.17) is 4.74 Å². The van der Waals surface area contributed by atoms with E-state index >= 15 is 0 Å². The number of amides is 1. The largest absolute Gasteiger partial charge is 0.444 e. The van der Waals surface area contributed by atoms with Gasteiger partial charge in [-0.1, -0.05) is 0 Å².